The quantitative estimate of drug-likeness (QED) is 0.724. The van der Waals surface area contributed by atoms with E-state index in [0.29, 0.717) is 12.8 Å². The van der Waals surface area contributed by atoms with Gasteiger partial charge >= 0.3 is 11.9 Å². The summed E-state index contributed by atoms with van der Waals surface area (Å²) in [5.41, 5.74) is -1.64. The Labute approximate surface area is 115 Å². The second-order valence-electron chi connectivity index (χ2n) is 7.17. The Balaban J connectivity index is 3.01. The van der Waals surface area contributed by atoms with Crippen molar-refractivity contribution in [3.8, 4) is 0 Å². The molecule has 0 aromatic heterocycles. The van der Waals surface area contributed by atoms with Crippen molar-refractivity contribution < 1.29 is 19.1 Å². The van der Waals surface area contributed by atoms with Crippen LogP contribution in [0.3, 0.4) is 0 Å². The SMILES string of the molecule is COC(=O)[C@H]1CC[C@@](C)(C(=O)OC(C)(C)C)C1(C)C. The van der Waals surface area contributed by atoms with Crippen LogP contribution in [-0.2, 0) is 19.1 Å². The smallest absolute Gasteiger partial charge is 0.312 e. The van der Waals surface area contributed by atoms with Crippen molar-refractivity contribution in [2.45, 2.75) is 60.0 Å². The molecule has 4 heteroatoms. The number of esters is 2. The van der Waals surface area contributed by atoms with Crippen LogP contribution >= 0.6 is 0 Å². The summed E-state index contributed by atoms with van der Waals surface area (Å²) >= 11 is 0. The minimum Gasteiger partial charge on any atom is -0.469 e. The third-order valence-electron chi connectivity index (χ3n) is 4.56. The van der Waals surface area contributed by atoms with Gasteiger partial charge in [0.25, 0.3) is 0 Å². The number of hydrogen-bond donors (Lipinski definition) is 0. The molecular formula is C15H26O4. The molecule has 19 heavy (non-hydrogen) atoms. The zero-order valence-electron chi connectivity index (χ0n) is 13.1. The zero-order valence-corrected chi connectivity index (χ0v) is 13.1. The van der Waals surface area contributed by atoms with E-state index in [1.807, 2.05) is 41.5 Å². The summed E-state index contributed by atoms with van der Waals surface area (Å²) in [5.74, 6) is -0.719. The van der Waals surface area contributed by atoms with Crippen molar-refractivity contribution in [1.29, 1.82) is 0 Å². The van der Waals surface area contributed by atoms with Crippen LogP contribution < -0.4 is 0 Å². The highest BCUT2D eigenvalue weighted by atomic mass is 16.6. The topological polar surface area (TPSA) is 52.6 Å². The highest BCUT2D eigenvalue weighted by Crippen LogP contribution is 2.57. The molecule has 1 saturated carbocycles. The van der Waals surface area contributed by atoms with Gasteiger partial charge in [0, 0.05) is 0 Å². The number of carbonyl (C=O) groups is 2. The van der Waals surface area contributed by atoms with Crippen molar-refractivity contribution in [3.63, 3.8) is 0 Å². The van der Waals surface area contributed by atoms with E-state index in [4.69, 9.17) is 9.47 Å². The summed E-state index contributed by atoms with van der Waals surface area (Å²) < 4.78 is 10.4. The third-order valence-corrected chi connectivity index (χ3v) is 4.56. The normalized spacial score (nSPS) is 29.9. The summed E-state index contributed by atoms with van der Waals surface area (Å²) in [6.45, 7) is 11.4. The first-order valence-electron chi connectivity index (χ1n) is 6.77. The first kappa shape index (κ1) is 16.0. The maximum absolute atomic E-state index is 12.5. The standard InChI is InChI=1S/C15H26O4/c1-13(2,3)19-12(17)15(6)9-8-10(11(16)18-7)14(15,4)5/h10H,8-9H2,1-7H3/t10-,15+/m1/s1. The third kappa shape index (κ3) is 2.77. The van der Waals surface area contributed by atoms with Gasteiger partial charge in [-0.2, -0.15) is 0 Å². The Morgan fingerprint density at radius 2 is 1.68 bits per heavy atom. The summed E-state index contributed by atoms with van der Waals surface area (Å²) in [7, 11) is 1.39. The van der Waals surface area contributed by atoms with E-state index in [1.165, 1.54) is 7.11 Å². The average Bonchev–Trinajstić information content (AvgIpc) is 2.48. The lowest BCUT2D eigenvalue weighted by Gasteiger charge is -2.40. The molecule has 0 heterocycles. The molecule has 0 aromatic carbocycles. The Morgan fingerprint density at radius 3 is 2.11 bits per heavy atom. The van der Waals surface area contributed by atoms with E-state index < -0.39 is 16.4 Å². The Bertz CT molecular complexity index is 378. The molecule has 0 radical (unpaired) electrons. The molecule has 110 valence electrons. The highest BCUT2D eigenvalue weighted by molar-refractivity contribution is 5.82. The van der Waals surface area contributed by atoms with Gasteiger partial charge in [-0.15, -0.1) is 0 Å². The van der Waals surface area contributed by atoms with Gasteiger partial charge in [0.1, 0.15) is 5.60 Å². The molecule has 1 aliphatic carbocycles. The molecule has 0 N–H and O–H groups in total. The fourth-order valence-electron chi connectivity index (χ4n) is 2.81. The van der Waals surface area contributed by atoms with Crippen molar-refractivity contribution in [2.75, 3.05) is 7.11 Å². The molecule has 0 bridgehead atoms. The van der Waals surface area contributed by atoms with Gasteiger partial charge in [-0.1, -0.05) is 13.8 Å². The highest BCUT2D eigenvalue weighted by Gasteiger charge is 2.59. The largest absolute Gasteiger partial charge is 0.469 e. The lowest BCUT2D eigenvalue weighted by Crippen LogP contribution is -2.45. The fourth-order valence-corrected chi connectivity index (χ4v) is 2.81. The summed E-state index contributed by atoms with van der Waals surface area (Å²) in [4.78, 5) is 24.3. The van der Waals surface area contributed by atoms with Gasteiger partial charge in [0.15, 0.2) is 0 Å². The minimum atomic E-state index is -0.654. The van der Waals surface area contributed by atoms with E-state index in [1.54, 1.807) is 0 Å². The van der Waals surface area contributed by atoms with Crippen LogP contribution in [0.1, 0.15) is 54.4 Å². The number of methoxy groups -OCH3 is 1. The minimum absolute atomic E-state index is 0.226. The molecule has 0 aromatic rings. The van der Waals surface area contributed by atoms with Crippen molar-refractivity contribution in [2.24, 2.45) is 16.7 Å². The van der Waals surface area contributed by atoms with Gasteiger partial charge in [-0.05, 0) is 46.0 Å². The van der Waals surface area contributed by atoms with E-state index in [2.05, 4.69) is 0 Å². The van der Waals surface area contributed by atoms with Gasteiger partial charge in [0.2, 0.25) is 0 Å². The van der Waals surface area contributed by atoms with Crippen LogP contribution in [0.25, 0.3) is 0 Å². The number of hydrogen-bond acceptors (Lipinski definition) is 4. The Hall–Kier alpha value is -1.06. The predicted octanol–water partition coefficient (Wildman–Crippen LogP) is 2.94. The molecule has 1 rings (SSSR count). The first-order valence-corrected chi connectivity index (χ1v) is 6.77. The Kier molecular flexibility index (Phi) is 4.04. The van der Waals surface area contributed by atoms with Crippen molar-refractivity contribution in [3.05, 3.63) is 0 Å². The monoisotopic (exact) mass is 270 g/mol. The van der Waals surface area contributed by atoms with Crippen LogP contribution in [0.4, 0.5) is 0 Å². The van der Waals surface area contributed by atoms with E-state index in [-0.39, 0.29) is 17.9 Å². The first-order chi connectivity index (χ1) is 8.45. The van der Waals surface area contributed by atoms with Crippen LogP contribution in [-0.4, -0.2) is 24.6 Å². The second-order valence-corrected chi connectivity index (χ2v) is 7.17. The van der Waals surface area contributed by atoms with Gasteiger partial charge in [-0.3, -0.25) is 9.59 Å². The van der Waals surface area contributed by atoms with E-state index in [0.717, 1.165) is 0 Å². The maximum Gasteiger partial charge on any atom is 0.312 e. The molecular weight excluding hydrogens is 244 g/mol. The second kappa shape index (κ2) is 4.80. The van der Waals surface area contributed by atoms with E-state index in [9.17, 15) is 9.59 Å². The number of ether oxygens (including phenoxy) is 2. The molecule has 1 aliphatic rings. The van der Waals surface area contributed by atoms with Crippen LogP contribution in [0.5, 0.6) is 0 Å². The summed E-state index contributed by atoms with van der Waals surface area (Å²) in [6.07, 6.45) is 1.31. The average molecular weight is 270 g/mol. The molecule has 0 saturated heterocycles. The molecule has 0 unspecified atom stereocenters. The lowest BCUT2D eigenvalue weighted by atomic mass is 9.65. The molecule has 4 nitrogen and oxygen atoms in total. The zero-order chi connectivity index (χ0) is 15.1. The lowest BCUT2D eigenvalue weighted by molar-refractivity contribution is -0.174. The molecule has 2 atom stereocenters. The van der Waals surface area contributed by atoms with Crippen LogP contribution in [0.15, 0.2) is 0 Å². The van der Waals surface area contributed by atoms with Crippen molar-refractivity contribution in [1.82, 2.24) is 0 Å². The molecule has 1 fully saturated rings. The predicted molar refractivity (Wildman–Crippen MR) is 72.5 cm³/mol. The maximum atomic E-state index is 12.5. The molecule has 0 aliphatic heterocycles. The molecule has 0 spiro atoms. The number of rotatable bonds is 2. The fraction of sp³-hybridized carbons (Fsp3) is 0.867. The van der Waals surface area contributed by atoms with Gasteiger partial charge < -0.3 is 9.47 Å². The van der Waals surface area contributed by atoms with E-state index >= 15 is 0 Å². The Morgan fingerprint density at radius 1 is 1.16 bits per heavy atom. The van der Waals surface area contributed by atoms with Crippen molar-refractivity contribution >= 4 is 11.9 Å². The summed E-state index contributed by atoms with van der Waals surface area (Å²) in [6, 6.07) is 0. The van der Waals surface area contributed by atoms with Gasteiger partial charge in [-0.25, -0.2) is 0 Å². The van der Waals surface area contributed by atoms with Crippen LogP contribution in [0, 0.1) is 16.7 Å². The number of carbonyl (C=O) groups excluding carboxylic acids is 2. The van der Waals surface area contributed by atoms with Crippen LogP contribution in [0.2, 0.25) is 0 Å². The molecule has 0 amide bonds. The van der Waals surface area contributed by atoms with Gasteiger partial charge in [0.05, 0.1) is 18.4 Å². The summed E-state index contributed by atoms with van der Waals surface area (Å²) in [5, 5.41) is 0.